The second kappa shape index (κ2) is 4.58. The molecule has 0 spiro atoms. The highest BCUT2D eigenvalue weighted by atomic mass is 79.9. The van der Waals surface area contributed by atoms with E-state index in [-0.39, 0.29) is 5.56 Å². The fourth-order valence-corrected chi connectivity index (χ4v) is 2.57. The summed E-state index contributed by atoms with van der Waals surface area (Å²) >= 11 is 6.39. The molecular formula is C9H5Br2NO2. The van der Waals surface area contributed by atoms with Crippen molar-refractivity contribution in [1.29, 1.82) is 5.26 Å². The summed E-state index contributed by atoms with van der Waals surface area (Å²) in [6, 6.07) is 4.89. The van der Waals surface area contributed by atoms with Crippen LogP contribution in [0.2, 0.25) is 0 Å². The van der Waals surface area contributed by atoms with Gasteiger partial charge >= 0.3 is 5.97 Å². The highest BCUT2D eigenvalue weighted by Gasteiger charge is 2.14. The summed E-state index contributed by atoms with van der Waals surface area (Å²) < 4.78 is 0.539. The molecule has 0 aliphatic carbocycles. The molecule has 0 unspecified atom stereocenters. The van der Waals surface area contributed by atoms with Gasteiger partial charge in [0.2, 0.25) is 0 Å². The van der Waals surface area contributed by atoms with Crippen molar-refractivity contribution in [3.63, 3.8) is 0 Å². The Kier molecular flexibility index (Phi) is 3.67. The van der Waals surface area contributed by atoms with Gasteiger partial charge in [0, 0.05) is 9.80 Å². The molecule has 0 aliphatic heterocycles. The molecule has 1 rings (SSSR count). The van der Waals surface area contributed by atoms with Crippen LogP contribution in [0.25, 0.3) is 0 Å². The highest BCUT2D eigenvalue weighted by Crippen LogP contribution is 2.26. The van der Waals surface area contributed by atoms with Gasteiger partial charge in [-0.3, -0.25) is 0 Å². The van der Waals surface area contributed by atoms with Gasteiger partial charge in [0.25, 0.3) is 0 Å². The predicted molar refractivity (Wildman–Crippen MR) is 58.4 cm³/mol. The van der Waals surface area contributed by atoms with Crippen LogP contribution in [0.5, 0.6) is 0 Å². The smallest absolute Gasteiger partial charge is 0.336 e. The second-order valence-corrected chi connectivity index (χ2v) is 3.86. The van der Waals surface area contributed by atoms with Crippen LogP contribution in [-0.2, 0) is 5.33 Å². The van der Waals surface area contributed by atoms with Gasteiger partial charge in [0.05, 0.1) is 11.1 Å². The predicted octanol–water partition coefficient (Wildman–Crippen LogP) is 2.91. The van der Waals surface area contributed by atoms with Crippen LogP contribution in [0.3, 0.4) is 0 Å². The first kappa shape index (κ1) is 11.2. The summed E-state index contributed by atoms with van der Waals surface area (Å²) in [5, 5.41) is 18.0. The molecule has 3 nitrogen and oxygen atoms in total. The number of carboxylic acid groups (broad SMARTS) is 1. The van der Waals surface area contributed by atoms with E-state index in [4.69, 9.17) is 10.4 Å². The van der Waals surface area contributed by atoms with Crippen molar-refractivity contribution in [3.05, 3.63) is 33.3 Å². The maximum absolute atomic E-state index is 10.8. The zero-order chi connectivity index (χ0) is 10.7. The number of hydrogen-bond donors (Lipinski definition) is 1. The standard InChI is InChI=1S/C9H5Br2NO2/c10-3-7-6(9(13)14)2-1-5(4-12)8(7)11/h1-2H,3H2,(H,13,14). The van der Waals surface area contributed by atoms with E-state index in [1.165, 1.54) is 12.1 Å². The van der Waals surface area contributed by atoms with Crippen LogP contribution in [0.1, 0.15) is 21.5 Å². The normalized spacial score (nSPS) is 9.50. The van der Waals surface area contributed by atoms with E-state index < -0.39 is 5.97 Å². The number of nitriles is 1. The molecular weight excluding hydrogens is 314 g/mol. The Hall–Kier alpha value is -0.860. The third-order valence-electron chi connectivity index (χ3n) is 1.73. The fraction of sp³-hybridized carbons (Fsp3) is 0.111. The Morgan fingerprint density at radius 1 is 1.57 bits per heavy atom. The molecule has 5 heteroatoms. The van der Waals surface area contributed by atoms with Gasteiger partial charge in [-0.05, 0) is 33.6 Å². The van der Waals surface area contributed by atoms with Gasteiger partial charge in [-0.1, -0.05) is 15.9 Å². The molecule has 1 N–H and O–H groups in total. The number of aromatic carboxylic acids is 1. The van der Waals surface area contributed by atoms with Crippen LogP contribution in [0.4, 0.5) is 0 Å². The minimum absolute atomic E-state index is 0.202. The Balaban J connectivity index is 3.45. The number of benzene rings is 1. The number of hydrogen-bond acceptors (Lipinski definition) is 2. The van der Waals surface area contributed by atoms with Crippen LogP contribution in [0, 0.1) is 11.3 Å². The topological polar surface area (TPSA) is 61.1 Å². The van der Waals surface area contributed by atoms with E-state index >= 15 is 0 Å². The largest absolute Gasteiger partial charge is 0.478 e. The number of carboxylic acids is 1. The Morgan fingerprint density at radius 3 is 2.64 bits per heavy atom. The van der Waals surface area contributed by atoms with Gasteiger partial charge < -0.3 is 5.11 Å². The number of alkyl halides is 1. The van der Waals surface area contributed by atoms with Gasteiger partial charge in [-0.2, -0.15) is 5.26 Å². The molecule has 0 aliphatic rings. The van der Waals surface area contributed by atoms with Crippen LogP contribution in [0.15, 0.2) is 16.6 Å². The molecule has 0 bridgehead atoms. The number of nitrogens with zero attached hydrogens (tertiary/aromatic N) is 1. The number of carbonyl (C=O) groups is 1. The minimum atomic E-state index is -0.996. The highest BCUT2D eigenvalue weighted by molar-refractivity contribution is 9.10. The van der Waals surface area contributed by atoms with Crippen LogP contribution >= 0.6 is 31.9 Å². The van der Waals surface area contributed by atoms with E-state index in [1.54, 1.807) is 0 Å². The Labute approximate surface area is 97.6 Å². The van der Waals surface area contributed by atoms with Gasteiger partial charge in [0.1, 0.15) is 6.07 Å². The van der Waals surface area contributed by atoms with Crippen molar-refractivity contribution >= 4 is 37.8 Å². The van der Waals surface area contributed by atoms with Crippen molar-refractivity contribution in [3.8, 4) is 6.07 Å². The molecule has 0 radical (unpaired) electrons. The monoisotopic (exact) mass is 317 g/mol. The van der Waals surface area contributed by atoms with E-state index in [1.807, 2.05) is 6.07 Å². The quantitative estimate of drug-likeness (QED) is 0.853. The summed E-state index contributed by atoms with van der Waals surface area (Å²) in [6.45, 7) is 0. The minimum Gasteiger partial charge on any atom is -0.478 e. The SMILES string of the molecule is N#Cc1ccc(C(=O)O)c(CBr)c1Br. The zero-order valence-corrected chi connectivity index (χ0v) is 10.1. The zero-order valence-electron chi connectivity index (χ0n) is 6.92. The lowest BCUT2D eigenvalue weighted by molar-refractivity contribution is 0.0696. The average molecular weight is 319 g/mol. The van der Waals surface area contributed by atoms with Crippen molar-refractivity contribution < 1.29 is 9.90 Å². The van der Waals surface area contributed by atoms with Crippen LogP contribution in [-0.4, -0.2) is 11.1 Å². The summed E-state index contributed by atoms with van der Waals surface area (Å²) in [4.78, 5) is 10.8. The molecule has 0 amide bonds. The first-order chi connectivity index (χ1) is 6.61. The lowest BCUT2D eigenvalue weighted by Crippen LogP contribution is -2.02. The molecule has 14 heavy (non-hydrogen) atoms. The lowest BCUT2D eigenvalue weighted by Gasteiger charge is -2.06. The molecule has 0 fully saturated rings. The van der Waals surface area contributed by atoms with Crippen molar-refractivity contribution in [2.75, 3.05) is 0 Å². The summed E-state index contributed by atoms with van der Waals surface area (Å²) in [5.41, 5.74) is 1.22. The first-order valence-electron chi connectivity index (χ1n) is 3.62. The third kappa shape index (κ3) is 1.97. The number of rotatable bonds is 2. The van der Waals surface area contributed by atoms with E-state index in [0.29, 0.717) is 20.9 Å². The summed E-state index contributed by atoms with van der Waals surface area (Å²) in [5.74, 6) is -0.996. The van der Waals surface area contributed by atoms with E-state index in [9.17, 15) is 4.79 Å². The Morgan fingerprint density at radius 2 is 2.21 bits per heavy atom. The molecule has 0 atom stereocenters. The fourth-order valence-electron chi connectivity index (χ4n) is 1.04. The van der Waals surface area contributed by atoms with Crippen LogP contribution < -0.4 is 0 Å². The molecule has 1 aromatic rings. The number of halogens is 2. The van der Waals surface area contributed by atoms with Crippen molar-refractivity contribution in [2.24, 2.45) is 0 Å². The molecule has 1 aromatic carbocycles. The van der Waals surface area contributed by atoms with Crippen molar-refractivity contribution in [1.82, 2.24) is 0 Å². The molecule has 0 saturated heterocycles. The third-order valence-corrected chi connectivity index (χ3v) is 3.19. The maximum Gasteiger partial charge on any atom is 0.336 e. The second-order valence-electron chi connectivity index (χ2n) is 2.50. The molecule has 0 saturated carbocycles. The summed E-state index contributed by atoms with van der Waals surface area (Å²) in [6.07, 6.45) is 0. The molecule has 72 valence electrons. The summed E-state index contributed by atoms with van der Waals surface area (Å²) in [7, 11) is 0. The molecule has 0 heterocycles. The average Bonchev–Trinajstić information content (AvgIpc) is 2.17. The van der Waals surface area contributed by atoms with Gasteiger partial charge in [0.15, 0.2) is 0 Å². The van der Waals surface area contributed by atoms with Gasteiger partial charge in [-0.15, -0.1) is 0 Å². The van der Waals surface area contributed by atoms with E-state index in [0.717, 1.165) is 0 Å². The van der Waals surface area contributed by atoms with E-state index in [2.05, 4.69) is 31.9 Å². The maximum atomic E-state index is 10.8. The van der Waals surface area contributed by atoms with Crippen molar-refractivity contribution in [2.45, 2.75) is 5.33 Å². The Bertz CT molecular complexity index is 424. The van der Waals surface area contributed by atoms with Gasteiger partial charge in [-0.25, -0.2) is 4.79 Å². The lowest BCUT2D eigenvalue weighted by atomic mass is 10.1. The first-order valence-corrected chi connectivity index (χ1v) is 5.54. The molecule has 0 aromatic heterocycles.